The minimum Gasteiger partial charge on any atom is -0.248 e. The number of rotatable bonds is 6. The lowest BCUT2D eigenvalue weighted by Gasteiger charge is -2.13. The summed E-state index contributed by atoms with van der Waals surface area (Å²) in [5.74, 6) is 0. The molecule has 0 unspecified atom stereocenters. The number of benzene rings is 5. The summed E-state index contributed by atoms with van der Waals surface area (Å²) < 4.78 is 0. The standard InChI is InChI=1S/C39H31N/c1-3-26-11-15-28(16-12-26)34-22-35(29-17-13-27(4-2)14-18-29)24-36(23-34)31-8-5-9-32(21-31)38-25-33-20-19-30-7-6-10-37(40-38)39(30)33/h5-25H,3-4H2,1-2H3. The maximum Gasteiger partial charge on any atom is 0.0721 e. The van der Waals surface area contributed by atoms with Crippen LogP contribution >= 0.6 is 0 Å². The number of nitrogens with zero attached hydrogens (tertiary/aromatic N) is 1. The Labute approximate surface area is 236 Å². The van der Waals surface area contributed by atoms with Gasteiger partial charge in [0.25, 0.3) is 0 Å². The van der Waals surface area contributed by atoms with Crippen molar-refractivity contribution in [2.24, 2.45) is 0 Å². The van der Waals surface area contributed by atoms with Gasteiger partial charge in [0.1, 0.15) is 0 Å². The number of pyridine rings is 1. The highest BCUT2D eigenvalue weighted by atomic mass is 14.7. The van der Waals surface area contributed by atoms with Crippen molar-refractivity contribution in [3.8, 4) is 44.6 Å². The average Bonchev–Trinajstić information content (AvgIpc) is 3.45. The van der Waals surface area contributed by atoms with E-state index < -0.39 is 0 Å². The summed E-state index contributed by atoms with van der Waals surface area (Å²) in [4.78, 5) is 5.06. The first kappa shape index (κ1) is 24.3. The Morgan fingerprint density at radius 1 is 0.450 bits per heavy atom. The number of hydrogen-bond donors (Lipinski definition) is 0. The first-order chi connectivity index (χ1) is 19.7. The maximum atomic E-state index is 5.06. The molecule has 0 aliphatic heterocycles. The van der Waals surface area contributed by atoms with Gasteiger partial charge in [0.05, 0.1) is 11.2 Å². The van der Waals surface area contributed by atoms with Crippen molar-refractivity contribution < 1.29 is 0 Å². The van der Waals surface area contributed by atoms with Crippen LogP contribution < -0.4 is 0 Å². The third-order valence-corrected chi connectivity index (χ3v) is 8.15. The van der Waals surface area contributed by atoms with Crippen molar-refractivity contribution in [3.63, 3.8) is 0 Å². The summed E-state index contributed by atoms with van der Waals surface area (Å²) in [5.41, 5.74) is 15.8. The van der Waals surface area contributed by atoms with Gasteiger partial charge in [-0.3, -0.25) is 0 Å². The van der Waals surface area contributed by atoms with Crippen molar-refractivity contribution >= 4 is 23.1 Å². The lowest BCUT2D eigenvalue weighted by atomic mass is 9.92. The predicted molar refractivity (Wildman–Crippen MR) is 171 cm³/mol. The fourth-order valence-electron chi connectivity index (χ4n) is 5.80. The van der Waals surface area contributed by atoms with Crippen LogP contribution in [0.3, 0.4) is 0 Å². The molecular weight excluding hydrogens is 482 g/mol. The van der Waals surface area contributed by atoms with E-state index >= 15 is 0 Å². The molecule has 0 N–H and O–H groups in total. The normalized spacial score (nSPS) is 11.8. The van der Waals surface area contributed by atoms with E-state index in [9.17, 15) is 0 Å². The van der Waals surface area contributed by atoms with Gasteiger partial charge in [-0.05, 0) is 105 Å². The molecule has 7 rings (SSSR count). The zero-order chi connectivity index (χ0) is 27.1. The Morgan fingerprint density at radius 2 is 0.975 bits per heavy atom. The van der Waals surface area contributed by atoms with Crippen LogP contribution in [0.4, 0.5) is 0 Å². The highest BCUT2D eigenvalue weighted by Gasteiger charge is 2.14. The van der Waals surface area contributed by atoms with Crippen LogP contribution in [0.5, 0.6) is 0 Å². The second kappa shape index (κ2) is 10.1. The molecule has 1 aliphatic rings. The van der Waals surface area contributed by atoms with Gasteiger partial charge in [0.15, 0.2) is 0 Å². The van der Waals surface area contributed by atoms with Crippen LogP contribution in [-0.2, 0) is 12.8 Å². The van der Waals surface area contributed by atoms with Gasteiger partial charge in [0, 0.05) is 10.9 Å². The molecule has 0 spiro atoms. The van der Waals surface area contributed by atoms with Crippen molar-refractivity contribution in [2.45, 2.75) is 26.7 Å². The van der Waals surface area contributed by atoms with Crippen molar-refractivity contribution in [3.05, 3.63) is 138 Å². The lowest BCUT2D eigenvalue weighted by molar-refractivity contribution is 1.14. The van der Waals surface area contributed by atoms with Crippen LogP contribution in [0.2, 0.25) is 0 Å². The minimum atomic E-state index is 1.01. The Balaban J connectivity index is 1.35. The zero-order valence-electron chi connectivity index (χ0n) is 23.0. The molecule has 5 aromatic carbocycles. The van der Waals surface area contributed by atoms with E-state index in [1.807, 2.05) is 0 Å². The molecule has 0 amide bonds. The largest absolute Gasteiger partial charge is 0.248 e. The third kappa shape index (κ3) is 4.44. The van der Waals surface area contributed by atoms with E-state index in [-0.39, 0.29) is 0 Å². The number of hydrogen-bond acceptors (Lipinski definition) is 1. The van der Waals surface area contributed by atoms with Gasteiger partial charge in [-0.2, -0.15) is 0 Å². The number of aromatic nitrogens is 1. The van der Waals surface area contributed by atoms with Crippen molar-refractivity contribution in [2.75, 3.05) is 0 Å². The fraction of sp³-hybridized carbons (Fsp3) is 0.103. The molecular formula is C39H31N. The van der Waals surface area contributed by atoms with Gasteiger partial charge >= 0.3 is 0 Å². The molecule has 1 nitrogen and oxygen atoms in total. The Kier molecular flexibility index (Phi) is 6.13. The molecule has 1 heteroatoms. The molecule has 0 atom stereocenters. The van der Waals surface area contributed by atoms with Gasteiger partial charge in [-0.25, -0.2) is 4.98 Å². The molecule has 1 heterocycles. The monoisotopic (exact) mass is 513 g/mol. The van der Waals surface area contributed by atoms with E-state index in [4.69, 9.17) is 4.98 Å². The van der Waals surface area contributed by atoms with E-state index in [1.54, 1.807) is 0 Å². The SMILES string of the molecule is CCc1ccc(-c2cc(-c3ccc(CC)cc3)cc(-c3cccc(-c4cc5c6c(cccc6n4)C=C5)c3)c2)cc1. The van der Waals surface area contributed by atoms with Crippen LogP contribution in [0.25, 0.3) is 67.7 Å². The summed E-state index contributed by atoms with van der Waals surface area (Å²) in [5, 5.41) is 1.25. The van der Waals surface area contributed by atoms with E-state index in [0.29, 0.717) is 0 Å². The highest BCUT2D eigenvalue weighted by molar-refractivity contribution is 6.04. The maximum absolute atomic E-state index is 5.06. The molecule has 0 fully saturated rings. The van der Waals surface area contributed by atoms with Gasteiger partial charge in [-0.1, -0.05) is 105 Å². The number of aryl methyl sites for hydroxylation is 2. The summed E-state index contributed by atoms with van der Waals surface area (Å²) in [6.07, 6.45) is 6.48. The first-order valence-electron chi connectivity index (χ1n) is 14.2. The topological polar surface area (TPSA) is 12.9 Å². The molecule has 1 aromatic heterocycles. The lowest BCUT2D eigenvalue weighted by Crippen LogP contribution is -1.90. The van der Waals surface area contributed by atoms with Gasteiger partial charge < -0.3 is 0 Å². The molecule has 0 saturated heterocycles. The molecule has 192 valence electrons. The van der Waals surface area contributed by atoms with E-state index in [2.05, 4.69) is 141 Å². The second-order valence-corrected chi connectivity index (χ2v) is 10.7. The van der Waals surface area contributed by atoms with E-state index in [0.717, 1.165) is 29.6 Å². The zero-order valence-corrected chi connectivity index (χ0v) is 23.0. The summed E-state index contributed by atoms with van der Waals surface area (Å²) in [6, 6.07) is 42.4. The summed E-state index contributed by atoms with van der Waals surface area (Å²) >= 11 is 0. The van der Waals surface area contributed by atoms with Crippen LogP contribution in [0.1, 0.15) is 36.1 Å². The van der Waals surface area contributed by atoms with E-state index in [1.165, 1.54) is 61.0 Å². The molecule has 0 bridgehead atoms. The Hall–Kier alpha value is -4.75. The summed E-state index contributed by atoms with van der Waals surface area (Å²) in [6.45, 7) is 4.40. The first-order valence-corrected chi connectivity index (χ1v) is 14.2. The predicted octanol–water partition coefficient (Wildman–Crippen LogP) is 10.5. The third-order valence-electron chi connectivity index (χ3n) is 8.15. The van der Waals surface area contributed by atoms with Crippen LogP contribution in [0.15, 0.2) is 115 Å². The summed E-state index contributed by atoms with van der Waals surface area (Å²) in [7, 11) is 0. The molecule has 40 heavy (non-hydrogen) atoms. The van der Waals surface area contributed by atoms with Gasteiger partial charge in [-0.15, -0.1) is 0 Å². The molecule has 0 radical (unpaired) electrons. The van der Waals surface area contributed by atoms with Crippen LogP contribution in [0, 0.1) is 0 Å². The van der Waals surface area contributed by atoms with Crippen molar-refractivity contribution in [1.82, 2.24) is 4.98 Å². The molecule has 1 aliphatic carbocycles. The smallest absolute Gasteiger partial charge is 0.0721 e. The molecule has 6 aromatic rings. The Bertz CT molecular complexity index is 1820. The Morgan fingerprint density at radius 3 is 1.60 bits per heavy atom. The second-order valence-electron chi connectivity index (χ2n) is 10.7. The highest BCUT2D eigenvalue weighted by Crippen LogP contribution is 2.36. The molecule has 0 saturated carbocycles. The van der Waals surface area contributed by atoms with Gasteiger partial charge in [0.2, 0.25) is 0 Å². The quantitative estimate of drug-likeness (QED) is 0.215. The minimum absolute atomic E-state index is 1.01. The fourth-order valence-corrected chi connectivity index (χ4v) is 5.80. The average molecular weight is 514 g/mol. The van der Waals surface area contributed by atoms with Crippen molar-refractivity contribution in [1.29, 1.82) is 0 Å². The van der Waals surface area contributed by atoms with Crippen LogP contribution in [-0.4, -0.2) is 4.98 Å².